The van der Waals surface area contributed by atoms with Crippen LogP contribution < -0.4 is 5.32 Å². The van der Waals surface area contributed by atoms with E-state index in [4.69, 9.17) is 9.47 Å². The maximum Gasteiger partial charge on any atom is 0.345 e. The molecule has 2 aromatic carbocycles. The molecule has 7 heteroatoms. The number of ether oxygens (including phenoxy) is 2. The van der Waals surface area contributed by atoms with Gasteiger partial charge >= 0.3 is 17.9 Å². The molecule has 0 heterocycles. The van der Waals surface area contributed by atoms with Gasteiger partial charge in [-0.3, -0.25) is 14.9 Å². The number of Topliss-reactive ketones (excluding diaryl/α,β-unsaturated/α-hetero) is 1. The summed E-state index contributed by atoms with van der Waals surface area (Å²) in [7, 11) is 0. The smallest absolute Gasteiger partial charge is 0.345 e. The highest BCUT2D eigenvalue weighted by Gasteiger charge is 2.29. The standard InChI is InChI=1S/C22H23NO6/c1-3-28-22(27)18(14-19(24)16-10-6-4-7-11-16)23-15(2)20(25)29-21(26)17-12-8-5-9-13-17/h4-13,15,18,23H,3,14H2,1-2H3/t15-,18+/m1/s1. The van der Waals surface area contributed by atoms with Crippen LogP contribution in [0, 0.1) is 0 Å². The Morgan fingerprint density at radius 2 is 1.41 bits per heavy atom. The van der Waals surface area contributed by atoms with E-state index in [2.05, 4.69) is 5.32 Å². The molecule has 2 rings (SSSR count). The van der Waals surface area contributed by atoms with Crippen molar-refractivity contribution in [2.75, 3.05) is 6.61 Å². The molecule has 2 aromatic rings. The largest absolute Gasteiger partial charge is 0.465 e. The van der Waals surface area contributed by atoms with Gasteiger partial charge < -0.3 is 9.47 Å². The average Bonchev–Trinajstić information content (AvgIpc) is 2.74. The van der Waals surface area contributed by atoms with E-state index in [0.717, 1.165) is 0 Å². The Bertz CT molecular complexity index is 850. The molecule has 7 nitrogen and oxygen atoms in total. The highest BCUT2D eigenvalue weighted by molar-refractivity contribution is 6.00. The van der Waals surface area contributed by atoms with Crippen LogP contribution in [0.5, 0.6) is 0 Å². The van der Waals surface area contributed by atoms with Crippen LogP contribution in [0.25, 0.3) is 0 Å². The van der Waals surface area contributed by atoms with Gasteiger partial charge in [-0.25, -0.2) is 9.59 Å². The van der Waals surface area contributed by atoms with E-state index >= 15 is 0 Å². The summed E-state index contributed by atoms with van der Waals surface area (Å²) in [5, 5.41) is 2.74. The Labute approximate surface area is 169 Å². The summed E-state index contributed by atoms with van der Waals surface area (Å²) in [6.07, 6.45) is -0.201. The van der Waals surface area contributed by atoms with E-state index in [1.165, 1.54) is 19.1 Å². The number of carbonyl (C=O) groups is 4. The Hall–Kier alpha value is -3.32. The van der Waals surface area contributed by atoms with Gasteiger partial charge in [0.05, 0.1) is 12.2 Å². The summed E-state index contributed by atoms with van der Waals surface area (Å²) in [4.78, 5) is 49.0. The van der Waals surface area contributed by atoms with Crippen molar-refractivity contribution in [3.05, 3.63) is 71.8 Å². The van der Waals surface area contributed by atoms with Gasteiger partial charge in [-0.1, -0.05) is 48.5 Å². The molecule has 0 unspecified atom stereocenters. The monoisotopic (exact) mass is 397 g/mol. The number of ketones is 1. The molecule has 152 valence electrons. The lowest BCUT2D eigenvalue weighted by Gasteiger charge is -2.20. The number of nitrogens with one attached hydrogen (secondary N) is 1. The maximum absolute atomic E-state index is 12.5. The minimum atomic E-state index is -1.06. The Kier molecular flexibility index (Phi) is 8.24. The Morgan fingerprint density at radius 3 is 1.97 bits per heavy atom. The third-order valence-electron chi connectivity index (χ3n) is 4.06. The van der Waals surface area contributed by atoms with Gasteiger partial charge in [0.25, 0.3) is 0 Å². The number of hydrogen-bond acceptors (Lipinski definition) is 7. The fourth-order valence-electron chi connectivity index (χ4n) is 2.56. The number of esters is 3. The van der Waals surface area contributed by atoms with E-state index in [0.29, 0.717) is 5.56 Å². The zero-order chi connectivity index (χ0) is 21.2. The summed E-state index contributed by atoms with van der Waals surface area (Å²) < 4.78 is 9.85. The van der Waals surface area contributed by atoms with Crippen LogP contribution >= 0.6 is 0 Å². The van der Waals surface area contributed by atoms with E-state index in [1.54, 1.807) is 55.5 Å². The number of benzene rings is 2. The number of hydrogen-bond donors (Lipinski definition) is 1. The van der Waals surface area contributed by atoms with E-state index in [-0.39, 0.29) is 24.4 Å². The molecule has 0 aromatic heterocycles. The molecule has 0 aliphatic carbocycles. The molecule has 2 atom stereocenters. The van der Waals surface area contributed by atoms with Crippen LogP contribution in [-0.4, -0.2) is 42.4 Å². The molecule has 0 radical (unpaired) electrons. The second kappa shape index (κ2) is 10.9. The van der Waals surface area contributed by atoms with Crippen molar-refractivity contribution in [1.29, 1.82) is 0 Å². The minimum Gasteiger partial charge on any atom is -0.465 e. The fourth-order valence-corrected chi connectivity index (χ4v) is 2.56. The molecular weight excluding hydrogens is 374 g/mol. The van der Waals surface area contributed by atoms with Crippen LogP contribution in [0.1, 0.15) is 41.0 Å². The maximum atomic E-state index is 12.5. The average molecular weight is 397 g/mol. The quantitative estimate of drug-likeness (QED) is 0.394. The Balaban J connectivity index is 2.03. The number of rotatable bonds is 9. The molecule has 0 fully saturated rings. The van der Waals surface area contributed by atoms with Crippen LogP contribution in [-0.2, 0) is 19.1 Å². The second-order valence-electron chi connectivity index (χ2n) is 6.26. The normalized spacial score (nSPS) is 12.5. The van der Waals surface area contributed by atoms with Crippen molar-refractivity contribution in [3.63, 3.8) is 0 Å². The molecule has 0 saturated carbocycles. The van der Waals surface area contributed by atoms with Crippen LogP contribution in [0.2, 0.25) is 0 Å². The predicted molar refractivity (Wildman–Crippen MR) is 105 cm³/mol. The molecule has 0 aliphatic rings. The van der Waals surface area contributed by atoms with Crippen LogP contribution in [0.3, 0.4) is 0 Å². The van der Waals surface area contributed by atoms with Gasteiger partial charge in [0.1, 0.15) is 12.1 Å². The second-order valence-corrected chi connectivity index (χ2v) is 6.26. The van der Waals surface area contributed by atoms with Gasteiger partial charge in [-0.15, -0.1) is 0 Å². The first-order valence-corrected chi connectivity index (χ1v) is 9.24. The molecule has 1 N–H and O–H groups in total. The lowest BCUT2D eigenvalue weighted by molar-refractivity contribution is -0.146. The molecule has 0 amide bonds. The van der Waals surface area contributed by atoms with E-state index in [1.807, 2.05) is 0 Å². The molecular formula is C22H23NO6. The first-order valence-electron chi connectivity index (χ1n) is 9.24. The minimum absolute atomic E-state index is 0.127. The first-order chi connectivity index (χ1) is 13.9. The zero-order valence-corrected chi connectivity index (χ0v) is 16.3. The van der Waals surface area contributed by atoms with E-state index in [9.17, 15) is 19.2 Å². The Morgan fingerprint density at radius 1 is 0.862 bits per heavy atom. The summed E-state index contributed by atoms with van der Waals surface area (Å²) in [6.45, 7) is 3.21. The van der Waals surface area contributed by atoms with Crippen LogP contribution in [0.4, 0.5) is 0 Å². The van der Waals surface area contributed by atoms with Crippen molar-refractivity contribution in [2.24, 2.45) is 0 Å². The molecule has 0 bridgehead atoms. The third kappa shape index (κ3) is 6.65. The lowest BCUT2D eigenvalue weighted by Crippen LogP contribution is -2.48. The zero-order valence-electron chi connectivity index (χ0n) is 16.3. The third-order valence-corrected chi connectivity index (χ3v) is 4.06. The van der Waals surface area contributed by atoms with Crippen molar-refractivity contribution < 1.29 is 28.7 Å². The van der Waals surface area contributed by atoms with Gasteiger partial charge in [0, 0.05) is 12.0 Å². The fraction of sp³-hybridized carbons (Fsp3) is 0.273. The highest BCUT2D eigenvalue weighted by atomic mass is 16.6. The van der Waals surface area contributed by atoms with Crippen molar-refractivity contribution in [1.82, 2.24) is 5.32 Å². The molecule has 0 aliphatic heterocycles. The molecule has 0 spiro atoms. The first kappa shape index (κ1) is 22.0. The van der Waals surface area contributed by atoms with Gasteiger partial charge in [-0.05, 0) is 26.0 Å². The summed E-state index contributed by atoms with van der Waals surface area (Å²) >= 11 is 0. The van der Waals surface area contributed by atoms with Crippen molar-refractivity contribution in [2.45, 2.75) is 32.4 Å². The SMILES string of the molecule is CCOC(=O)[C@H](CC(=O)c1ccccc1)N[C@H](C)C(=O)OC(=O)c1ccccc1. The van der Waals surface area contributed by atoms with Gasteiger partial charge in [0.15, 0.2) is 5.78 Å². The topological polar surface area (TPSA) is 98.8 Å². The van der Waals surface area contributed by atoms with Crippen molar-refractivity contribution in [3.8, 4) is 0 Å². The van der Waals surface area contributed by atoms with Gasteiger partial charge in [-0.2, -0.15) is 0 Å². The summed E-state index contributed by atoms with van der Waals surface area (Å²) in [5.41, 5.74) is 0.673. The lowest BCUT2D eigenvalue weighted by atomic mass is 10.0. The summed E-state index contributed by atoms with van der Waals surface area (Å²) in [6, 6.07) is 14.5. The van der Waals surface area contributed by atoms with E-state index < -0.39 is 30.0 Å². The molecule has 0 saturated heterocycles. The predicted octanol–water partition coefficient (Wildman–Crippen LogP) is 2.55. The molecule has 29 heavy (non-hydrogen) atoms. The van der Waals surface area contributed by atoms with Crippen LogP contribution in [0.15, 0.2) is 60.7 Å². The highest BCUT2D eigenvalue weighted by Crippen LogP contribution is 2.09. The summed E-state index contributed by atoms with van der Waals surface area (Å²) in [5.74, 6) is -2.60. The number of carbonyl (C=O) groups excluding carboxylic acids is 4. The van der Waals surface area contributed by atoms with Gasteiger partial charge in [0.2, 0.25) is 0 Å². The van der Waals surface area contributed by atoms with Crippen molar-refractivity contribution >= 4 is 23.7 Å².